The summed E-state index contributed by atoms with van der Waals surface area (Å²) in [6.07, 6.45) is 3.08. The minimum Gasteiger partial charge on any atom is -0.481 e. The lowest BCUT2D eigenvalue weighted by molar-refractivity contribution is -0.142. The molecular formula is C11H17N3O5S. The van der Waals surface area contributed by atoms with Crippen LogP contribution in [0.2, 0.25) is 0 Å². The van der Waals surface area contributed by atoms with Crippen LogP contribution >= 0.6 is 0 Å². The smallest absolute Gasteiger partial charge is 0.310 e. The van der Waals surface area contributed by atoms with Gasteiger partial charge in [-0.1, -0.05) is 6.92 Å². The molecule has 2 atom stereocenters. The fourth-order valence-corrected chi connectivity index (χ4v) is 3.91. The number of sulfonamides is 1. The zero-order valence-corrected chi connectivity index (χ0v) is 11.8. The summed E-state index contributed by atoms with van der Waals surface area (Å²) >= 11 is 0. The number of carboxylic acids is 1. The second-order valence-corrected chi connectivity index (χ2v) is 6.49. The van der Waals surface area contributed by atoms with Gasteiger partial charge in [-0.2, -0.15) is 9.40 Å². The molecule has 1 saturated heterocycles. The van der Waals surface area contributed by atoms with Crippen LogP contribution in [-0.2, 0) is 19.6 Å². The third-order valence-electron chi connectivity index (χ3n) is 3.26. The van der Waals surface area contributed by atoms with Crippen molar-refractivity contribution in [3.63, 3.8) is 0 Å². The topological polar surface area (TPSA) is 113 Å². The van der Waals surface area contributed by atoms with E-state index in [1.54, 1.807) is 0 Å². The van der Waals surface area contributed by atoms with Crippen LogP contribution in [0.15, 0.2) is 17.3 Å². The largest absolute Gasteiger partial charge is 0.481 e. The van der Waals surface area contributed by atoms with Crippen LogP contribution in [0.5, 0.6) is 0 Å². The van der Waals surface area contributed by atoms with E-state index in [0.717, 1.165) is 0 Å². The maximum atomic E-state index is 12.6. The Kier molecular flexibility index (Phi) is 4.41. The van der Waals surface area contributed by atoms with Gasteiger partial charge in [0, 0.05) is 12.7 Å². The Balaban J connectivity index is 2.34. The first kappa shape index (κ1) is 14.9. The first-order valence-corrected chi connectivity index (χ1v) is 7.73. The standard InChI is InChI=1S/C11H17N3O5S/c1-2-3-14(10-7-19-6-9(10)11(15)16)20(17,18)8-4-12-13-5-8/h4-5,9-10H,2-3,6-7H2,1H3,(H,12,13)(H,15,16). The van der Waals surface area contributed by atoms with Crippen molar-refractivity contribution in [2.45, 2.75) is 24.3 Å². The van der Waals surface area contributed by atoms with E-state index >= 15 is 0 Å². The van der Waals surface area contributed by atoms with Gasteiger partial charge in [0.25, 0.3) is 0 Å². The molecule has 2 unspecified atom stereocenters. The van der Waals surface area contributed by atoms with Crippen molar-refractivity contribution in [3.8, 4) is 0 Å². The SMILES string of the molecule is CCCN(C1COCC1C(=O)O)S(=O)(=O)c1cn[nH]c1. The van der Waals surface area contributed by atoms with Gasteiger partial charge in [-0.15, -0.1) is 0 Å². The number of carbonyl (C=O) groups is 1. The molecule has 1 aliphatic rings. The van der Waals surface area contributed by atoms with Crippen LogP contribution in [0.25, 0.3) is 0 Å². The van der Waals surface area contributed by atoms with E-state index in [1.165, 1.54) is 16.7 Å². The van der Waals surface area contributed by atoms with Crippen molar-refractivity contribution in [1.29, 1.82) is 0 Å². The van der Waals surface area contributed by atoms with E-state index in [9.17, 15) is 18.3 Å². The van der Waals surface area contributed by atoms with Gasteiger partial charge in [0.1, 0.15) is 4.90 Å². The van der Waals surface area contributed by atoms with Crippen molar-refractivity contribution in [3.05, 3.63) is 12.4 Å². The first-order chi connectivity index (χ1) is 9.48. The molecule has 0 aliphatic carbocycles. The number of rotatable bonds is 6. The van der Waals surface area contributed by atoms with E-state index in [4.69, 9.17) is 4.74 Å². The lowest BCUT2D eigenvalue weighted by Gasteiger charge is -2.28. The molecule has 2 N–H and O–H groups in total. The highest BCUT2D eigenvalue weighted by Gasteiger charge is 2.43. The normalized spacial score (nSPS) is 23.3. The number of nitrogens with zero attached hydrogens (tertiary/aromatic N) is 2. The zero-order chi connectivity index (χ0) is 14.8. The molecule has 0 saturated carbocycles. The summed E-state index contributed by atoms with van der Waals surface area (Å²) in [5.74, 6) is -1.89. The second-order valence-electron chi connectivity index (χ2n) is 4.60. The van der Waals surface area contributed by atoms with E-state index in [-0.39, 0.29) is 24.7 Å². The average molecular weight is 303 g/mol. The van der Waals surface area contributed by atoms with E-state index in [2.05, 4.69) is 10.2 Å². The van der Waals surface area contributed by atoms with Gasteiger partial charge in [0.05, 0.1) is 31.4 Å². The number of hydrogen-bond acceptors (Lipinski definition) is 5. The molecule has 1 aliphatic heterocycles. The third-order valence-corrected chi connectivity index (χ3v) is 5.15. The van der Waals surface area contributed by atoms with E-state index < -0.39 is 28.0 Å². The van der Waals surface area contributed by atoms with Gasteiger partial charge in [-0.25, -0.2) is 8.42 Å². The highest BCUT2D eigenvalue weighted by Crippen LogP contribution is 2.26. The molecule has 0 radical (unpaired) electrons. The molecule has 20 heavy (non-hydrogen) atoms. The molecule has 0 spiro atoms. The number of aliphatic carboxylic acids is 1. The van der Waals surface area contributed by atoms with Crippen molar-refractivity contribution in [1.82, 2.24) is 14.5 Å². The fourth-order valence-electron chi connectivity index (χ4n) is 2.26. The Morgan fingerprint density at radius 3 is 2.90 bits per heavy atom. The number of carboxylic acid groups (broad SMARTS) is 1. The monoisotopic (exact) mass is 303 g/mol. The summed E-state index contributed by atoms with van der Waals surface area (Å²) in [4.78, 5) is 11.2. The van der Waals surface area contributed by atoms with Crippen LogP contribution in [0.1, 0.15) is 13.3 Å². The summed E-state index contributed by atoms with van der Waals surface area (Å²) in [7, 11) is -3.77. The predicted molar refractivity (Wildman–Crippen MR) is 68.5 cm³/mol. The zero-order valence-electron chi connectivity index (χ0n) is 11.0. The van der Waals surface area contributed by atoms with Crippen LogP contribution in [0, 0.1) is 5.92 Å². The number of ether oxygens (including phenoxy) is 1. The molecule has 112 valence electrons. The van der Waals surface area contributed by atoms with Crippen molar-refractivity contribution in [2.75, 3.05) is 19.8 Å². The van der Waals surface area contributed by atoms with Gasteiger partial charge < -0.3 is 9.84 Å². The molecule has 8 nitrogen and oxygen atoms in total. The quantitative estimate of drug-likeness (QED) is 0.759. The maximum Gasteiger partial charge on any atom is 0.310 e. The van der Waals surface area contributed by atoms with Crippen LogP contribution in [0.3, 0.4) is 0 Å². The van der Waals surface area contributed by atoms with Crippen LogP contribution < -0.4 is 0 Å². The molecule has 2 heterocycles. The Hall–Kier alpha value is -1.45. The highest BCUT2D eigenvalue weighted by molar-refractivity contribution is 7.89. The molecule has 1 aromatic heterocycles. The molecular weight excluding hydrogens is 286 g/mol. The van der Waals surface area contributed by atoms with Crippen molar-refractivity contribution in [2.24, 2.45) is 5.92 Å². The third kappa shape index (κ3) is 2.69. The van der Waals surface area contributed by atoms with Gasteiger partial charge in [-0.3, -0.25) is 9.89 Å². The molecule has 1 fully saturated rings. The molecule has 1 aromatic rings. The van der Waals surface area contributed by atoms with Crippen molar-refractivity contribution >= 4 is 16.0 Å². The molecule has 0 aromatic carbocycles. The summed E-state index contributed by atoms with van der Waals surface area (Å²) < 4.78 is 31.5. The van der Waals surface area contributed by atoms with Crippen LogP contribution in [0.4, 0.5) is 0 Å². The van der Waals surface area contributed by atoms with E-state index in [0.29, 0.717) is 6.42 Å². The minimum atomic E-state index is -3.77. The van der Waals surface area contributed by atoms with Crippen LogP contribution in [-0.4, -0.2) is 59.8 Å². The summed E-state index contributed by atoms with van der Waals surface area (Å²) in [6.45, 7) is 2.20. The number of nitrogens with one attached hydrogen (secondary N) is 1. The fraction of sp³-hybridized carbons (Fsp3) is 0.636. The molecule has 0 bridgehead atoms. The number of aromatic amines is 1. The number of H-pyrrole nitrogens is 1. The lowest BCUT2D eigenvalue weighted by atomic mass is 10.0. The summed E-state index contributed by atoms with van der Waals surface area (Å²) in [6, 6.07) is -0.688. The Labute approximate surface area is 116 Å². The van der Waals surface area contributed by atoms with Crippen molar-refractivity contribution < 1.29 is 23.1 Å². The van der Waals surface area contributed by atoms with Gasteiger partial charge in [0.2, 0.25) is 10.0 Å². The lowest BCUT2D eigenvalue weighted by Crippen LogP contribution is -2.46. The average Bonchev–Trinajstić information content (AvgIpc) is 3.06. The number of aromatic nitrogens is 2. The van der Waals surface area contributed by atoms with Gasteiger partial charge in [0.15, 0.2) is 0 Å². The Morgan fingerprint density at radius 1 is 1.60 bits per heavy atom. The Bertz CT molecular complexity index is 557. The van der Waals surface area contributed by atoms with Gasteiger partial charge in [-0.05, 0) is 6.42 Å². The Morgan fingerprint density at radius 2 is 2.35 bits per heavy atom. The molecule has 0 amide bonds. The maximum absolute atomic E-state index is 12.6. The predicted octanol–water partition coefficient (Wildman–Crippen LogP) is -0.0900. The highest BCUT2D eigenvalue weighted by atomic mass is 32.2. The second kappa shape index (κ2) is 5.90. The van der Waals surface area contributed by atoms with Gasteiger partial charge >= 0.3 is 5.97 Å². The minimum absolute atomic E-state index is 0.0289. The van der Waals surface area contributed by atoms with E-state index in [1.807, 2.05) is 6.92 Å². The first-order valence-electron chi connectivity index (χ1n) is 6.29. The summed E-state index contributed by atoms with van der Waals surface area (Å²) in [5, 5.41) is 15.3. The molecule has 9 heteroatoms. The number of hydrogen-bond donors (Lipinski definition) is 2. The molecule has 2 rings (SSSR count). The summed E-state index contributed by atoms with van der Waals surface area (Å²) in [5.41, 5.74) is 0.